The van der Waals surface area contributed by atoms with E-state index in [4.69, 9.17) is 0 Å². The highest BCUT2D eigenvalue weighted by Gasteiger charge is 2.41. The van der Waals surface area contributed by atoms with Gasteiger partial charge in [-0.1, -0.05) is 75.2 Å². The van der Waals surface area contributed by atoms with Crippen molar-refractivity contribution in [2.24, 2.45) is 0 Å². The largest absolute Gasteiger partial charge is 0.146 e. The quantitative estimate of drug-likeness (QED) is 0.346. The third kappa shape index (κ3) is 5.38. The van der Waals surface area contributed by atoms with E-state index in [1.165, 1.54) is 0 Å². The molecule has 0 N–H and O–H groups in total. The number of rotatable bonds is 3. The fraction of sp³-hybridized carbons (Fsp3) is 0.360. The summed E-state index contributed by atoms with van der Waals surface area (Å²) in [5.41, 5.74) is 8.86. The van der Waals surface area contributed by atoms with E-state index in [0.29, 0.717) is 16.6 Å². The van der Waals surface area contributed by atoms with Gasteiger partial charge in [0.05, 0.1) is 0 Å². The van der Waals surface area contributed by atoms with Gasteiger partial charge in [-0.25, -0.2) is 0 Å². The van der Waals surface area contributed by atoms with Crippen LogP contribution in [0.3, 0.4) is 0 Å². The van der Waals surface area contributed by atoms with Gasteiger partial charge in [-0.2, -0.15) is 0 Å². The van der Waals surface area contributed by atoms with Crippen molar-refractivity contribution in [1.82, 2.24) is 0 Å². The third-order valence-corrected chi connectivity index (χ3v) is 12.2. The second-order valence-corrected chi connectivity index (χ2v) is 14.5. The summed E-state index contributed by atoms with van der Waals surface area (Å²) in [6.45, 7) is 14.1. The Hall–Kier alpha value is -1.74. The molecule has 0 aliphatic heterocycles. The number of hydrogen-bond acceptors (Lipinski definition) is 0. The fourth-order valence-corrected chi connectivity index (χ4v) is 9.42. The molecule has 0 aromatic heterocycles. The lowest BCUT2D eigenvalue weighted by molar-refractivity contribution is 0.838. The third-order valence-electron chi connectivity index (χ3n) is 5.37. The Bertz CT molecular complexity index is 845. The van der Waals surface area contributed by atoms with Crippen molar-refractivity contribution in [3.63, 3.8) is 0 Å². The molecule has 0 nitrogen and oxygen atoms in total. The van der Waals surface area contributed by atoms with Crippen LogP contribution in [-0.4, -0.2) is 8.07 Å². The molecule has 2 aromatic carbocycles. The molecule has 0 saturated carbocycles. The summed E-state index contributed by atoms with van der Waals surface area (Å²) in [6.07, 6.45) is 0. The highest BCUT2D eigenvalue weighted by Crippen LogP contribution is 2.40. The van der Waals surface area contributed by atoms with Crippen LogP contribution in [-0.2, 0) is 0 Å². The molecule has 0 bridgehead atoms. The standard InChI is InChI=1S/C25H29BrSi/c1-19(2)27(20(3)4,21(5)6)18-17-24-11-9-22(10-12-24)7-8-23-13-15-25(26)16-14-23/h9-16,19-21H,1-6H3. The minimum Gasteiger partial charge on any atom is -0.125 e. The molecular formula is C25H29BrSi. The fourth-order valence-electron chi connectivity index (χ4n) is 3.93. The molecule has 0 amide bonds. The molecular weight excluding hydrogens is 408 g/mol. The number of benzene rings is 2. The van der Waals surface area contributed by atoms with Gasteiger partial charge in [0, 0.05) is 21.2 Å². The van der Waals surface area contributed by atoms with Gasteiger partial charge in [0.25, 0.3) is 0 Å². The Morgan fingerprint density at radius 3 is 1.30 bits per heavy atom. The van der Waals surface area contributed by atoms with E-state index in [2.05, 4.69) is 105 Å². The zero-order valence-electron chi connectivity index (χ0n) is 17.2. The van der Waals surface area contributed by atoms with E-state index in [-0.39, 0.29) is 0 Å². The molecule has 0 heterocycles. The first-order valence-corrected chi connectivity index (χ1v) is 12.7. The SMILES string of the molecule is CC(C)[Si](C#Cc1ccc(C#Cc2ccc(Br)cc2)cc1)(C(C)C)C(C)C. The zero-order chi connectivity index (χ0) is 20.0. The van der Waals surface area contributed by atoms with Crippen molar-refractivity contribution < 1.29 is 0 Å². The summed E-state index contributed by atoms with van der Waals surface area (Å²) >= 11 is 3.45. The first-order valence-electron chi connectivity index (χ1n) is 9.66. The van der Waals surface area contributed by atoms with Crippen molar-refractivity contribution in [2.45, 2.75) is 58.2 Å². The molecule has 0 aliphatic carbocycles. The summed E-state index contributed by atoms with van der Waals surface area (Å²) in [7, 11) is -1.68. The Morgan fingerprint density at radius 1 is 0.593 bits per heavy atom. The zero-order valence-corrected chi connectivity index (χ0v) is 19.8. The minimum atomic E-state index is -1.68. The highest BCUT2D eigenvalue weighted by atomic mass is 79.9. The van der Waals surface area contributed by atoms with Crippen LogP contribution in [0.1, 0.15) is 58.2 Å². The summed E-state index contributed by atoms with van der Waals surface area (Å²) in [5, 5.41) is 0. The maximum absolute atomic E-state index is 3.78. The van der Waals surface area contributed by atoms with Crippen LogP contribution in [0.2, 0.25) is 16.6 Å². The van der Waals surface area contributed by atoms with Gasteiger partial charge in [-0.05, 0) is 65.2 Å². The van der Waals surface area contributed by atoms with Gasteiger partial charge < -0.3 is 0 Å². The summed E-state index contributed by atoms with van der Waals surface area (Å²) in [4.78, 5) is 0. The molecule has 0 spiro atoms. The smallest absolute Gasteiger partial charge is 0.125 e. The lowest BCUT2D eigenvalue weighted by Gasteiger charge is -2.38. The van der Waals surface area contributed by atoms with Crippen LogP contribution in [0.5, 0.6) is 0 Å². The Balaban J connectivity index is 2.24. The average molecular weight is 437 g/mol. The van der Waals surface area contributed by atoms with E-state index in [9.17, 15) is 0 Å². The van der Waals surface area contributed by atoms with Crippen LogP contribution >= 0.6 is 15.9 Å². The van der Waals surface area contributed by atoms with Crippen molar-refractivity contribution in [2.75, 3.05) is 0 Å². The van der Waals surface area contributed by atoms with Crippen LogP contribution in [0.25, 0.3) is 0 Å². The van der Waals surface area contributed by atoms with Crippen LogP contribution < -0.4 is 0 Å². The maximum atomic E-state index is 3.78. The number of halogens is 1. The average Bonchev–Trinajstić information content (AvgIpc) is 2.62. The van der Waals surface area contributed by atoms with E-state index in [1.54, 1.807) is 0 Å². The summed E-state index contributed by atoms with van der Waals surface area (Å²) in [5.74, 6) is 9.93. The molecule has 0 unspecified atom stereocenters. The van der Waals surface area contributed by atoms with E-state index < -0.39 is 8.07 Å². The first-order chi connectivity index (χ1) is 12.8. The molecule has 0 aliphatic rings. The monoisotopic (exact) mass is 436 g/mol. The van der Waals surface area contributed by atoms with Gasteiger partial charge in [0.2, 0.25) is 0 Å². The van der Waals surface area contributed by atoms with Crippen LogP contribution in [0, 0.1) is 23.3 Å². The summed E-state index contributed by atoms with van der Waals surface area (Å²) < 4.78 is 1.07. The van der Waals surface area contributed by atoms with E-state index in [0.717, 1.165) is 21.2 Å². The summed E-state index contributed by atoms with van der Waals surface area (Å²) in [6, 6.07) is 16.4. The number of hydrogen-bond donors (Lipinski definition) is 0. The van der Waals surface area contributed by atoms with E-state index >= 15 is 0 Å². The molecule has 2 aromatic rings. The van der Waals surface area contributed by atoms with Crippen molar-refractivity contribution in [3.05, 3.63) is 69.7 Å². The molecule has 2 heteroatoms. The highest BCUT2D eigenvalue weighted by molar-refractivity contribution is 9.10. The molecule has 0 fully saturated rings. The van der Waals surface area contributed by atoms with Crippen LogP contribution in [0.15, 0.2) is 53.0 Å². The van der Waals surface area contributed by atoms with E-state index in [1.807, 2.05) is 24.3 Å². The normalized spacial score (nSPS) is 11.2. The first kappa shape index (κ1) is 21.6. The Labute approximate surface area is 174 Å². The lowest BCUT2D eigenvalue weighted by Crippen LogP contribution is -2.43. The molecule has 27 heavy (non-hydrogen) atoms. The van der Waals surface area contributed by atoms with Gasteiger partial charge in [-0.3, -0.25) is 0 Å². The Kier molecular flexibility index (Phi) is 7.55. The maximum Gasteiger partial charge on any atom is 0.146 e. The predicted molar refractivity (Wildman–Crippen MR) is 124 cm³/mol. The predicted octanol–water partition coefficient (Wildman–Crippen LogP) is 7.42. The molecule has 0 atom stereocenters. The molecule has 0 radical (unpaired) electrons. The second-order valence-electron chi connectivity index (χ2n) is 7.98. The lowest BCUT2D eigenvalue weighted by atomic mass is 10.1. The van der Waals surface area contributed by atoms with Gasteiger partial charge >= 0.3 is 0 Å². The molecule has 140 valence electrons. The minimum absolute atomic E-state index is 0.654. The van der Waals surface area contributed by atoms with Crippen LogP contribution in [0.4, 0.5) is 0 Å². The van der Waals surface area contributed by atoms with Crippen molar-refractivity contribution in [1.29, 1.82) is 0 Å². The van der Waals surface area contributed by atoms with Crippen molar-refractivity contribution in [3.8, 4) is 23.3 Å². The second kappa shape index (κ2) is 9.45. The molecule has 0 saturated heterocycles. The van der Waals surface area contributed by atoms with Gasteiger partial charge in [0.15, 0.2) is 0 Å². The van der Waals surface area contributed by atoms with Gasteiger partial charge in [-0.15, -0.1) is 5.54 Å². The van der Waals surface area contributed by atoms with Gasteiger partial charge in [0.1, 0.15) is 8.07 Å². The Morgan fingerprint density at radius 2 is 0.926 bits per heavy atom. The topological polar surface area (TPSA) is 0 Å². The molecule has 2 rings (SSSR count). The van der Waals surface area contributed by atoms with Crippen molar-refractivity contribution >= 4 is 24.0 Å².